The second-order valence-electron chi connectivity index (χ2n) is 7.10. The van der Waals surface area contributed by atoms with Crippen molar-refractivity contribution in [1.29, 1.82) is 0 Å². The summed E-state index contributed by atoms with van der Waals surface area (Å²) in [6, 6.07) is 11.5. The Hall–Kier alpha value is -2.33. The van der Waals surface area contributed by atoms with E-state index in [1.54, 1.807) is 11.0 Å². The summed E-state index contributed by atoms with van der Waals surface area (Å²) in [7, 11) is 0. The van der Waals surface area contributed by atoms with E-state index in [9.17, 15) is 9.59 Å². The highest BCUT2D eigenvalue weighted by Crippen LogP contribution is 2.28. The van der Waals surface area contributed by atoms with E-state index in [1.807, 2.05) is 44.2 Å². The predicted molar refractivity (Wildman–Crippen MR) is 113 cm³/mol. The van der Waals surface area contributed by atoms with Gasteiger partial charge >= 0.3 is 0 Å². The van der Waals surface area contributed by atoms with Crippen LogP contribution in [0.15, 0.2) is 36.4 Å². The van der Waals surface area contributed by atoms with E-state index < -0.39 is 0 Å². The number of rotatable bonds is 6. The van der Waals surface area contributed by atoms with Crippen molar-refractivity contribution in [2.45, 2.75) is 47.0 Å². The number of halogens is 1. The Bertz CT molecular complexity index is 846. The topological polar surface area (TPSA) is 49.4 Å². The maximum absolute atomic E-state index is 12.5. The minimum atomic E-state index is -0.124. The summed E-state index contributed by atoms with van der Waals surface area (Å²) in [5, 5.41) is 3.62. The third-order valence-corrected chi connectivity index (χ3v) is 5.01. The molecule has 0 unspecified atom stereocenters. The molecule has 2 aromatic carbocycles. The third kappa shape index (κ3) is 5.33. The van der Waals surface area contributed by atoms with Crippen molar-refractivity contribution in [2.75, 3.05) is 16.8 Å². The zero-order valence-corrected chi connectivity index (χ0v) is 17.4. The maximum Gasteiger partial charge on any atom is 0.226 e. The Morgan fingerprint density at radius 1 is 1.11 bits per heavy atom. The molecule has 0 heterocycles. The van der Waals surface area contributed by atoms with E-state index in [2.05, 4.69) is 19.2 Å². The van der Waals surface area contributed by atoms with Gasteiger partial charge < -0.3 is 10.2 Å². The van der Waals surface area contributed by atoms with Gasteiger partial charge in [0.05, 0.1) is 0 Å². The normalized spacial score (nSPS) is 10.8. The van der Waals surface area contributed by atoms with E-state index in [4.69, 9.17) is 11.6 Å². The summed E-state index contributed by atoms with van der Waals surface area (Å²) in [6.07, 6.45) is 0.205. The van der Waals surface area contributed by atoms with Gasteiger partial charge in [-0.1, -0.05) is 49.7 Å². The van der Waals surface area contributed by atoms with Crippen molar-refractivity contribution in [2.24, 2.45) is 0 Å². The van der Waals surface area contributed by atoms with Crippen molar-refractivity contribution in [3.05, 3.63) is 58.1 Å². The molecule has 0 saturated heterocycles. The fourth-order valence-electron chi connectivity index (χ4n) is 2.98. The van der Waals surface area contributed by atoms with Crippen LogP contribution < -0.4 is 10.2 Å². The number of hydrogen-bond acceptors (Lipinski definition) is 2. The van der Waals surface area contributed by atoms with Crippen LogP contribution in [0, 0.1) is 13.8 Å². The van der Waals surface area contributed by atoms with Crippen LogP contribution in [0.1, 0.15) is 49.8 Å². The minimum Gasteiger partial charge on any atom is -0.326 e. The monoisotopic (exact) mass is 386 g/mol. The van der Waals surface area contributed by atoms with Crippen LogP contribution in [-0.2, 0) is 9.59 Å². The summed E-state index contributed by atoms with van der Waals surface area (Å²) >= 11 is 6.18. The van der Waals surface area contributed by atoms with E-state index in [0.717, 1.165) is 22.4 Å². The molecular formula is C22H27ClN2O2. The molecule has 0 aromatic heterocycles. The quantitative estimate of drug-likeness (QED) is 0.716. The molecule has 27 heavy (non-hydrogen) atoms. The summed E-state index contributed by atoms with van der Waals surface area (Å²) in [5.74, 6) is 0.0701. The first-order valence-corrected chi connectivity index (χ1v) is 9.52. The maximum atomic E-state index is 12.5. The molecule has 0 atom stereocenters. The van der Waals surface area contributed by atoms with Gasteiger partial charge in [0, 0.05) is 36.3 Å². The molecular weight excluding hydrogens is 360 g/mol. The number of hydrogen-bond donors (Lipinski definition) is 1. The van der Waals surface area contributed by atoms with Gasteiger partial charge in [0.15, 0.2) is 0 Å². The molecule has 0 aliphatic rings. The first-order chi connectivity index (χ1) is 12.7. The molecule has 144 valence electrons. The Morgan fingerprint density at radius 3 is 2.41 bits per heavy atom. The number of anilines is 2. The number of carbonyl (C=O) groups excluding carboxylic acids is 2. The van der Waals surface area contributed by atoms with Crippen LogP contribution in [0.4, 0.5) is 11.4 Å². The molecule has 0 fully saturated rings. The van der Waals surface area contributed by atoms with Crippen molar-refractivity contribution in [3.8, 4) is 0 Å². The number of para-hydroxylation sites is 1. The number of benzene rings is 2. The lowest BCUT2D eigenvalue weighted by Crippen LogP contribution is -2.32. The molecule has 2 aromatic rings. The molecule has 0 spiro atoms. The number of nitrogens with zero attached hydrogens (tertiary/aromatic N) is 1. The third-order valence-electron chi connectivity index (χ3n) is 4.60. The average molecular weight is 387 g/mol. The summed E-state index contributed by atoms with van der Waals surface area (Å²) in [6.45, 7) is 9.88. The molecule has 2 amide bonds. The largest absolute Gasteiger partial charge is 0.326 e. The molecule has 0 saturated carbocycles. The Kier molecular flexibility index (Phi) is 7.03. The van der Waals surface area contributed by atoms with Gasteiger partial charge in [-0.2, -0.15) is 0 Å². The van der Waals surface area contributed by atoms with Crippen LogP contribution in [0.2, 0.25) is 5.02 Å². The average Bonchev–Trinajstić information content (AvgIpc) is 2.59. The molecule has 1 N–H and O–H groups in total. The van der Waals surface area contributed by atoms with Crippen molar-refractivity contribution in [3.63, 3.8) is 0 Å². The second-order valence-corrected chi connectivity index (χ2v) is 7.50. The molecule has 0 aliphatic carbocycles. The zero-order valence-electron chi connectivity index (χ0n) is 16.6. The van der Waals surface area contributed by atoms with E-state index >= 15 is 0 Å². The molecule has 5 heteroatoms. The van der Waals surface area contributed by atoms with Crippen molar-refractivity contribution in [1.82, 2.24) is 0 Å². The Morgan fingerprint density at radius 2 is 1.81 bits per heavy atom. The van der Waals surface area contributed by atoms with Gasteiger partial charge in [0.25, 0.3) is 0 Å². The zero-order chi connectivity index (χ0) is 20.1. The SMILES string of the molecule is CC(=O)N(CCC(=O)Nc1c(C)cccc1C(C)C)c1ccc(C)c(Cl)c1. The van der Waals surface area contributed by atoms with Crippen molar-refractivity contribution < 1.29 is 9.59 Å². The van der Waals surface area contributed by atoms with E-state index in [0.29, 0.717) is 23.2 Å². The number of amides is 2. The smallest absolute Gasteiger partial charge is 0.226 e. The first-order valence-electron chi connectivity index (χ1n) is 9.14. The molecule has 0 radical (unpaired) electrons. The minimum absolute atomic E-state index is 0.115. The lowest BCUT2D eigenvalue weighted by molar-refractivity contribution is -0.117. The van der Waals surface area contributed by atoms with Gasteiger partial charge in [0.1, 0.15) is 0 Å². The van der Waals surface area contributed by atoms with Gasteiger partial charge in [-0.05, 0) is 48.6 Å². The van der Waals surface area contributed by atoms with Crippen LogP contribution in [-0.4, -0.2) is 18.4 Å². The number of carbonyl (C=O) groups is 2. The van der Waals surface area contributed by atoms with Crippen molar-refractivity contribution >= 4 is 34.8 Å². The van der Waals surface area contributed by atoms with Crippen LogP contribution in [0.5, 0.6) is 0 Å². The molecule has 0 bridgehead atoms. The van der Waals surface area contributed by atoms with Gasteiger partial charge in [-0.15, -0.1) is 0 Å². The standard InChI is InChI=1S/C22H27ClN2O2/c1-14(2)19-8-6-7-16(4)22(19)24-21(27)11-12-25(17(5)26)18-10-9-15(3)20(23)13-18/h6-10,13-14H,11-12H2,1-5H3,(H,24,27). The Labute approximate surface area is 166 Å². The highest BCUT2D eigenvalue weighted by molar-refractivity contribution is 6.31. The Balaban J connectivity index is 2.11. The predicted octanol–water partition coefficient (Wildman–Crippen LogP) is 5.46. The van der Waals surface area contributed by atoms with Gasteiger partial charge in [-0.25, -0.2) is 0 Å². The fraction of sp³-hybridized carbons (Fsp3) is 0.364. The highest BCUT2D eigenvalue weighted by Gasteiger charge is 2.16. The number of aryl methyl sites for hydroxylation is 2. The number of nitrogens with one attached hydrogen (secondary N) is 1. The summed E-state index contributed by atoms with van der Waals surface area (Å²) < 4.78 is 0. The molecule has 4 nitrogen and oxygen atoms in total. The van der Waals surface area contributed by atoms with Crippen LogP contribution >= 0.6 is 11.6 Å². The van der Waals surface area contributed by atoms with Gasteiger partial charge in [-0.3, -0.25) is 9.59 Å². The van der Waals surface area contributed by atoms with Crippen LogP contribution in [0.3, 0.4) is 0 Å². The van der Waals surface area contributed by atoms with E-state index in [1.165, 1.54) is 6.92 Å². The van der Waals surface area contributed by atoms with Gasteiger partial charge in [0.2, 0.25) is 11.8 Å². The lowest BCUT2D eigenvalue weighted by Gasteiger charge is -2.22. The highest BCUT2D eigenvalue weighted by atomic mass is 35.5. The first kappa shape index (κ1) is 21.0. The summed E-state index contributed by atoms with van der Waals surface area (Å²) in [4.78, 5) is 26.2. The second kappa shape index (κ2) is 9.05. The fourth-order valence-corrected chi connectivity index (χ4v) is 3.15. The molecule has 2 rings (SSSR count). The lowest BCUT2D eigenvalue weighted by atomic mass is 9.98. The molecule has 0 aliphatic heterocycles. The summed E-state index contributed by atoms with van der Waals surface area (Å²) in [5.41, 5.74) is 4.65. The van der Waals surface area contributed by atoms with Crippen LogP contribution in [0.25, 0.3) is 0 Å². The van der Waals surface area contributed by atoms with E-state index in [-0.39, 0.29) is 18.2 Å².